The summed E-state index contributed by atoms with van der Waals surface area (Å²) in [5.41, 5.74) is -1.09. The number of carbonyl (C=O) groups is 2. The molecule has 25 heavy (non-hydrogen) atoms. The van der Waals surface area contributed by atoms with E-state index in [0.717, 1.165) is 29.9 Å². The summed E-state index contributed by atoms with van der Waals surface area (Å²) in [7, 11) is 0. The van der Waals surface area contributed by atoms with E-state index >= 15 is 0 Å². The fraction of sp³-hybridized carbons (Fsp3) is 0.529. The Bertz CT molecular complexity index is 667. The molecule has 3 rings (SSSR count). The highest BCUT2D eigenvalue weighted by Gasteiger charge is 2.52. The molecule has 1 saturated heterocycles. The molecule has 1 unspecified atom stereocenters. The predicted molar refractivity (Wildman–Crippen MR) is 82.6 cm³/mol. The maximum atomic E-state index is 12.5. The van der Waals surface area contributed by atoms with Gasteiger partial charge in [-0.2, -0.15) is 13.2 Å². The summed E-state index contributed by atoms with van der Waals surface area (Å²) in [5, 5.41) is 12.9. The van der Waals surface area contributed by atoms with E-state index in [0.29, 0.717) is 18.4 Å². The van der Waals surface area contributed by atoms with Gasteiger partial charge in [-0.3, -0.25) is 9.69 Å². The zero-order chi connectivity index (χ0) is 18.2. The lowest BCUT2D eigenvalue weighted by Crippen LogP contribution is -2.44. The molecule has 1 aliphatic heterocycles. The molecule has 1 aliphatic carbocycles. The number of halogens is 3. The van der Waals surface area contributed by atoms with Crippen molar-refractivity contribution in [1.29, 1.82) is 0 Å². The molecular formula is C17H19F3N2O3. The second-order valence-electron chi connectivity index (χ2n) is 6.69. The van der Waals surface area contributed by atoms with Gasteiger partial charge < -0.3 is 10.4 Å². The van der Waals surface area contributed by atoms with Gasteiger partial charge in [0.2, 0.25) is 0 Å². The van der Waals surface area contributed by atoms with Crippen molar-refractivity contribution >= 4 is 11.9 Å². The predicted octanol–water partition coefficient (Wildman–Crippen LogP) is 2.47. The third-order valence-electron chi connectivity index (χ3n) is 4.85. The van der Waals surface area contributed by atoms with E-state index in [4.69, 9.17) is 0 Å². The number of nitrogens with zero attached hydrogens (tertiary/aromatic N) is 1. The first-order chi connectivity index (χ1) is 11.7. The molecule has 1 aromatic rings. The molecule has 3 amide bonds. The summed E-state index contributed by atoms with van der Waals surface area (Å²) in [5.74, 6) is -0.318. The second kappa shape index (κ2) is 6.33. The summed E-state index contributed by atoms with van der Waals surface area (Å²) in [6.07, 6.45) is -2.45. The van der Waals surface area contributed by atoms with Gasteiger partial charge in [-0.05, 0) is 30.5 Å². The van der Waals surface area contributed by atoms with Gasteiger partial charge in [-0.25, -0.2) is 4.79 Å². The summed E-state index contributed by atoms with van der Waals surface area (Å²) < 4.78 is 37.6. The normalized spacial score (nSPS) is 21.0. The van der Waals surface area contributed by atoms with Gasteiger partial charge in [0.25, 0.3) is 5.91 Å². The minimum Gasteiger partial charge on any atom is -0.391 e. The average molecular weight is 356 g/mol. The lowest BCUT2D eigenvalue weighted by atomic mass is 9.98. The van der Waals surface area contributed by atoms with Crippen molar-refractivity contribution in [3.63, 3.8) is 0 Å². The van der Waals surface area contributed by atoms with E-state index in [1.54, 1.807) is 0 Å². The number of rotatable bonds is 4. The molecule has 1 atom stereocenters. The summed E-state index contributed by atoms with van der Waals surface area (Å²) in [6, 6.07) is 3.96. The Hall–Kier alpha value is -2.09. The van der Waals surface area contributed by atoms with Crippen LogP contribution in [0.25, 0.3) is 0 Å². The first kappa shape index (κ1) is 17.7. The number of β-amino-alcohol motifs (C(OH)–C–C–N with tert-alkyl or cyclic N) is 1. The zero-order valence-corrected chi connectivity index (χ0v) is 13.5. The maximum Gasteiger partial charge on any atom is 0.416 e. The van der Waals surface area contributed by atoms with Crippen LogP contribution in [0.5, 0.6) is 0 Å². The molecule has 1 aromatic carbocycles. The number of imide groups is 1. The molecule has 136 valence electrons. The monoisotopic (exact) mass is 356 g/mol. The van der Waals surface area contributed by atoms with Crippen LogP contribution in [0.2, 0.25) is 0 Å². The molecule has 2 fully saturated rings. The Kier molecular flexibility index (Phi) is 4.49. The zero-order valence-electron chi connectivity index (χ0n) is 13.5. The van der Waals surface area contributed by atoms with Crippen molar-refractivity contribution in [2.45, 2.75) is 49.9 Å². The van der Waals surface area contributed by atoms with Gasteiger partial charge in [-0.1, -0.05) is 25.0 Å². The van der Waals surface area contributed by atoms with E-state index < -0.39 is 29.4 Å². The number of aliphatic hydroxyl groups excluding tert-OH is 1. The minimum atomic E-state index is -4.41. The number of aliphatic hydroxyl groups is 1. The molecule has 2 aliphatic rings. The van der Waals surface area contributed by atoms with Gasteiger partial charge in [0.05, 0.1) is 18.2 Å². The van der Waals surface area contributed by atoms with Gasteiger partial charge in [0.15, 0.2) is 0 Å². The number of hydrogen-bond donors (Lipinski definition) is 2. The standard InChI is InChI=1S/C17H19F3N2O3/c18-17(19,20)12-5-3-11(4-6-12)9-13(23)10-22-14(24)16(21-15(22)25)7-1-2-8-16/h3-6,13,23H,1-2,7-10H2,(H,21,25). The van der Waals surface area contributed by atoms with Crippen LogP contribution in [0, 0.1) is 0 Å². The van der Waals surface area contributed by atoms with Crippen molar-refractivity contribution in [3.8, 4) is 0 Å². The molecule has 2 N–H and O–H groups in total. The Morgan fingerprint density at radius 3 is 2.32 bits per heavy atom. The number of amides is 3. The lowest BCUT2D eigenvalue weighted by molar-refractivity contribution is -0.137. The topological polar surface area (TPSA) is 69.6 Å². The first-order valence-corrected chi connectivity index (χ1v) is 8.20. The molecule has 1 heterocycles. The molecular weight excluding hydrogens is 337 g/mol. The molecule has 1 spiro atoms. The Balaban J connectivity index is 1.62. The van der Waals surface area contributed by atoms with Crippen LogP contribution in [-0.2, 0) is 17.4 Å². The summed E-state index contributed by atoms with van der Waals surface area (Å²) in [4.78, 5) is 25.6. The summed E-state index contributed by atoms with van der Waals surface area (Å²) >= 11 is 0. The molecule has 0 radical (unpaired) electrons. The molecule has 0 aromatic heterocycles. The molecule has 5 nitrogen and oxygen atoms in total. The van der Waals surface area contributed by atoms with Crippen LogP contribution in [0.4, 0.5) is 18.0 Å². The minimum absolute atomic E-state index is 0.0577. The highest BCUT2D eigenvalue weighted by Crippen LogP contribution is 2.35. The van der Waals surface area contributed by atoms with E-state index in [1.165, 1.54) is 12.1 Å². The third kappa shape index (κ3) is 3.49. The third-order valence-corrected chi connectivity index (χ3v) is 4.85. The number of benzene rings is 1. The second-order valence-corrected chi connectivity index (χ2v) is 6.69. The molecule has 8 heteroatoms. The fourth-order valence-electron chi connectivity index (χ4n) is 3.54. The Morgan fingerprint density at radius 2 is 1.76 bits per heavy atom. The first-order valence-electron chi connectivity index (χ1n) is 8.20. The molecule has 1 saturated carbocycles. The van der Waals surface area contributed by atoms with Gasteiger partial charge in [0, 0.05) is 6.42 Å². The van der Waals surface area contributed by atoms with E-state index in [2.05, 4.69) is 5.32 Å². The smallest absolute Gasteiger partial charge is 0.391 e. The van der Waals surface area contributed by atoms with Crippen LogP contribution in [-0.4, -0.2) is 40.1 Å². The largest absolute Gasteiger partial charge is 0.416 e. The van der Waals surface area contributed by atoms with Gasteiger partial charge in [0.1, 0.15) is 5.54 Å². The molecule has 0 bridgehead atoms. The number of nitrogens with one attached hydrogen (secondary N) is 1. The number of hydrogen-bond acceptors (Lipinski definition) is 3. The van der Waals surface area contributed by atoms with Crippen LogP contribution in [0.1, 0.15) is 36.8 Å². The van der Waals surface area contributed by atoms with Crippen LogP contribution in [0.15, 0.2) is 24.3 Å². The van der Waals surface area contributed by atoms with Crippen LogP contribution < -0.4 is 5.32 Å². The van der Waals surface area contributed by atoms with Gasteiger partial charge in [-0.15, -0.1) is 0 Å². The number of urea groups is 1. The van der Waals surface area contributed by atoms with Crippen LogP contribution in [0.3, 0.4) is 0 Å². The summed E-state index contributed by atoms with van der Waals surface area (Å²) in [6.45, 7) is -0.173. The number of alkyl halides is 3. The van der Waals surface area contributed by atoms with E-state index in [9.17, 15) is 27.9 Å². The Morgan fingerprint density at radius 1 is 1.16 bits per heavy atom. The SMILES string of the molecule is O=C1NC2(CCCC2)C(=O)N1CC(O)Cc1ccc(C(F)(F)F)cc1. The van der Waals surface area contributed by atoms with Crippen molar-refractivity contribution in [2.75, 3.05) is 6.54 Å². The van der Waals surface area contributed by atoms with Crippen molar-refractivity contribution in [3.05, 3.63) is 35.4 Å². The van der Waals surface area contributed by atoms with E-state index in [-0.39, 0.29) is 18.9 Å². The van der Waals surface area contributed by atoms with Crippen molar-refractivity contribution < 1.29 is 27.9 Å². The van der Waals surface area contributed by atoms with Crippen molar-refractivity contribution in [2.24, 2.45) is 0 Å². The highest BCUT2D eigenvalue weighted by atomic mass is 19.4. The van der Waals surface area contributed by atoms with E-state index in [1.807, 2.05) is 0 Å². The van der Waals surface area contributed by atoms with Crippen LogP contribution >= 0.6 is 0 Å². The maximum absolute atomic E-state index is 12.5. The lowest BCUT2D eigenvalue weighted by Gasteiger charge is -2.21. The number of carbonyl (C=O) groups excluding carboxylic acids is 2. The Labute approximate surface area is 142 Å². The van der Waals surface area contributed by atoms with Gasteiger partial charge >= 0.3 is 12.2 Å². The quantitative estimate of drug-likeness (QED) is 0.815. The fourth-order valence-corrected chi connectivity index (χ4v) is 3.54. The van der Waals surface area contributed by atoms with Crippen molar-refractivity contribution in [1.82, 2.24) is 10.2 Å². The highest BCUT2D eigenvalue weighted by molar-refractivity contribution is 6.07. The average Bonchev–Trinajstić information content (AvgIpc) is 3.08.